The van der Waals surface area contributed by atoms with Gasteiger partial charge in [-0.15, -0.1) is 11.3 Å². The van der Waals surface area contributed by atoms with Gasteiger partial charge in [-0.25, -0.2) is 0 Å². The summed E-state index contributed by atoms with van der Waals surface area (Å²) in [4.78, 5) is 2.20. The summed E-state index contributed by atoms with van der Waals surface area (Å²) in [6.07, 6.45) is -4.41. The molecule has 0 saturated carbocycles. The van der Waals surface area contributed by atoms with Crippen molar-refractivity contribution < 1.29 is 17.9 Å². The van der Waals surface area contributed by atoms with E-state index < -0.39 is 11.7 Å². The Bertz CT molecular complexity index is 607. The largest absolute Gasteiger partial charge is 0.488 e. The Morgan fingerprint density at radius 1 is 1.24 bits per heavy atom. The average Bonchev–Trinajstić information content (AvgIpc) is 2.76. The van der Waals surface area contributed by atoms with E-state index >= 15 is 0 Å². The molecule has 0 aliphatic carbocycles. The molecule has 1 N–H and O–H groups in total. The predicted molar refractivity (Wildman–Crippen MR) is 77.6 cm³/mol. The van der Waals surface area contributed by atoms with E-state index in [-0.39, 0.29) is 12.4 Å². The van der Waals surface area contributed by atoms with Crippen LogP contribution < -0.4 is 10.1 Å². The van der Waals surface area contributed by atoms with Crippen LogP contribution in [0.25, 0.3) is 0 Å². The molecule has 0 atom stereocenters. The van der Waals surface area contributed by atoms with Crippen LogP contribution in [0.2, 0.25) is 0 Å². The maximum atomic E-state index is 12.9. The monoisotopic (exact) mass is 315 g/mol. The zero-order valence-electron chi connectivity index (χ0n) is 11.8. The Morgan fingerprint density at radius 2 is 1.95 bits per heavy atom. The molecule has 0 amide bonds. The van der Waals surface area contributed by atoms with Crippen molar-refractivity contribution >= 4 is 11.3 Å². The SMILES string of the molecule is CNCc1cc(COc2ccccc2C(F)(F)F)c(C)s1. The van der Waals surface area contributed by atoms with Gasteiger partial charge in [-0.2, -0.15) is 13.2 Å². The fourth-order valence-electron chi connectivity index (χ4n) is 1.97. The van der Waals surface area contributed by atoms with Gasteiger partial charge in [0.2, 0.25) is 0 Å². The van der Waals surface area contributed by atoms with Gasteiger partial charge in [0.25, 0.3) is 0 Å². The lowest BCUT2D eigenvalue weighted by Gasteiger charge is -2.13. The summed E-state index contributed by atoms with van der Waals surface area (Å²) in [5, 5.41) is 3.05. The second-order valence-corrected chi connectivity index (χ2v) is 5.95. The van der Waals surface area contributed by atoms with Crippen LogP contribution in [0.5, 0.6) is 5.75 Å². The van der Waals surface area contributed by atoms with Crippen molar-refractivity contribution in [1.82, 2.24) is 5.32 Å². The van der Waals surface area contributed by atoms with Gasteiger partial charge in [0.1, 0.15) is 12.4 Å². The highest BCUT2D eigenvalue weighted by Gasteiger charge is 2.34. The van der Waals surface area contributed by atoms with Crippen molar-refractivity contribution in [3.63, 3.8) is 0 Å². The minimum Gasteiger partial charge on any atom is -0.488 e. The van der Waals surface area contributed by atoms with Crippen LogP contribution in [0.1, 0.15) is 20.9 Å². The number of benzene rings is 1. The van der Waals surface area contributed by atoms with Crippen LogP contribution in [0.4, 0.5) is 13.2 Å². The first-order valence-corrected chi connectivity index (χ1v) is 7.25. The zero-order chi connectivity index (χ0) is 15.5. The maximum absolute atomic E-state index is 12.9. The van der Waals surface area contributed by atoms with E-state index in [0.717, 1.165) is 27.9 Å². The minimum absolute atomic E-state index is 0.134. The first kappa shape index (κ1) is 15.9. The van der Waals surface area contributed by atoms with Crippen molar-refractivity contribution in [1.29, 1.82) is 0 Å². The van der Waals surface area contributed by atoms with Crippen LogP contribution in [-0.2, 0) is 19.3 Å². The smallest absolute Gasteiger partial charge is 0.419 e. The highest BCUT2D eigenvalue weighted by atomic mass is 32.1. The van der Waals surface area contributed by atoms with Crippen molar-refractivity contribution in [2.24, 2.45) is 0 Å². The first-order chi connectivity index (χ1) is 9.91. The van der Waals surface area contributed by atoms with Gasteiger partial charge in [0, 0.05) is 21.9 Å². The molecule has 2 nitrogen and oxygen atoms in total. The van der Waals surface area contributed by atoms with E-state index in [1.54, 1.807) is 11.3 Å². The summed E-state index contributed by atoms with van der Waals surface area (Å²) in [5.41, 5.74) is 0.176. The Hall–Kier alpha value is -1.53. The van der Waals surface area contributed by atoms with Crippen LogP contribution >= 0.6 is 11.3 Å². The van der Waals surface area contributed by atoms with E-state index in [2.05, 4.69) is 5.32 Å². The summed E-state index contributed by atoms with van der Waals surface area (Å²) in [5.74, 6) is -0.134. The lowest BCUT2D eigenvalue weighted by molar-refractivity contribution is -0.139. The second kappa shape index (κ2) is 6.49. The molecule has 21 heavy (non-hydrogen) atoms. The van der Waals surface area contributed by atoms with Crippen LogP contribution in [0.15, 0.2) is 30.3 Å². The van der Waals surface area contributed by atoms with E-state index in [4.69, 9.17) is 4.74 Å². The molecule has 0 radical (unpaired) electrons. The lowest BCUT2D eigenvalue weighted by Crippen LogP contribution is -2.08. The first-order valence-electron chi connectivity index (χ1n) is 6.43. The third kappa shape index (κ3) is 3.98. The van der Waals surface area contributed by atoms with Gasteiger partial charge in [-0.05, 0) is 32.2 Å². The fraction of sp³-hybridized carbons (Fsp3) is 0.333. The van der Waals surface area contributed by atoms with Crippen molar-refractivity contribution in [2.75, 3.05) is 7.05 Å². The molecular formula is C15H16F3NOS. The van der Waals surface area contributed by atoms with Crippen molar-refractivity contribution in [2.45, 2.75) is 26.3 Å². The number of thiophene rings is 1. The predicted octanol–water partition coefficient (Wildman–Crippen LogP) is 4.37. The van der Waals surface area contributed by atoms with Crippen LogP contribution in [0.3, 0.4) is 0 Å². The summed E-state index contributed by atoms with van der Waals surface area (Å²) >= 11 is 1.62. The Balaban J connectivity index is 2.14. The summed E-state index contributed by atoms with van der Waals surface area (Å²) in [7, 11) is 1.85. The fourth-order valence-corrected chi connectivity index (χ4v) is 3.03. The molecular weight excluding hydrogens is 299 g/mol. The lowest BCUT2D eigenvalue weighted by atomic mass is 10.2. The molecule has 114 valence electrons. The van der Waals surface area contributed by atoms with Gasteiger partial charge >= 0.3 is 6.18 Å². The molecule has 0 bridgehead atoms. The van der Waals surface area contributed by atoms with E-state index in [9.17, 15) is 13.2 Å². The topological polar surface area (TPSA) is 21.3 Å². The summed E-state index contributed by atoms with van der Waals surface area (Å²) in [6.45, 7) is 2.82. The second-order valence-electron chi connectivity index (χ2n) is 4.61. The third-order valence-corrected chi connectivity index (χ3v) is 4.09. The highest BCUT2D eigenvalue weighted by Crippen LogP contribution is 2.36. The number of ether oxygens (including phenoxy) is 1. The molecule has 6 heteroatoms. The summed E-state index contributed by atoms with van der Waals surface area (Å²) < 4.78 is 44.0. The third-order valence-electron chi connectivity index (χ3n) is 3.00. The number of hydrogen-bond acceptors (Lipinski definition) is 3. The molecule has 0 aliphatic heterocycles. The van der Waals surface area contributed by atoms with Gasteiger partial charge in [-0.3, -0.25) is 0 Å². The number of rotatable bonds is 5. The van der Waals surface area contributed by atoms with Crippen molar-refractivity contribution in [3.8, 4) is 5.75 Å². The molecule has 0 unspecified atom stereocenters. The number of para-hydroxylation sites is 1. The van der Waals surface area contributed by atoms with Gasteiger partial charge in [-0.1, -0.05) is 12.1 Å². The summed E-state index contributed by atoms with van der Waals surface area (Å²) in [6, 6.07) is 7.24. The molecule has 1 aromatic heterocycles. The molecule has 1 aromatic carbocycles. The van der Waals surface area contributed by atoms with Crippen LogP contribution in [-0.4, -0.2) is 7.05 Å². The number of hydrogen-bond donors (Lipinski definition) is 1. The average molecular weight is 315 g/mol. The molecule has 2 rings (SSSR count). The number of alkyl halides is 3. The van der Waals surface area contributed by atoms with Gasteiger partial charge < -0.3 is 10.1 Å². The molecule has 1 heterocycles. The van der Waals surface area contributed by atoms with Gasteiger partial charge in [0.05, 0.1) is 5.56 Å². The Morgan fingerprint density at radius 3 is 2.62 bits per heavy atom. The highest BCUT2D eigenvalue weighted by molar-refractivity contribution is 7.12. The Kier molecular flexibility index (Phi) is 4.90. The molecule has 0 saturated heterocycles. The standard InChI is InChI=1S/C15H16F3NOS/c1-10-11(7-12(21-10)8-19-2)9-20-14-6-4-3-5-13(14)15(16,17)18/h3-7,19H,8-9H2,1-2H3. The number of halogens is 3. The molecule has 0 aliphatic rings. The minimum atomic E-state index is -4.41. The number of nitrogens with one attached hydrogen (secondary N) is 1. The quantitative estimate of drug-likeness (QED) is 0.884. The van der Waals surface area contributed by atoms with E-state index in [1.165, 1.54) is 18.2 Å². The van der Waals surface area contributed by atoms with E-state index in [0.29, 0.717) is 0 Å². The van der Waals surface area contributed by atoms with Crippen molar-refractivity contribution in [3.05, 3.63) is 51.2 Å². The van der Waals surface area contributed by atoms with Gasteiger partial charge in [0.15, 0.2) is 0 Å². The maximum Gasteiger partial charge on any atom is 0.419 e. The number of aryl methyl sites for hydroxylation is 1. The van der Waals surface area contributed by atoms with E-state index in [1.807, 2.05) is 20.0 Å². The Labute approximate surface area is 125 Å². The normalized spacial score (nSPS) is 11.7. The zero-order valence-corrected chi connectivity index (χ0v) is 12.6. The molecule has 0 spiro atoms. The molecule has 0 fully saturated rings. The van der Waals surface area contributed by atoms with Crippen LogP contribution in [0, 0.1) is 6.92 Å². The molecule has 2 aromatic rings.